The van der Waals surface area contributed by atoms with E-state index in [0.29, 0.717) is 28.6 Å². The van der Waals surface area contributed by atoms with Gasteiger partial charge in [0.05, 0.1) is 35.9 Å². The topological polar surface area (TPSA) is 105 Å². The van der Waals surface area contributed by atoms with E-state index in [1.54, 1.807) is 46.3 Å². The minimum absolute atomic E-state index is 0.0788. The lowest BCUT2D eigenvalue weighted by Crippen LogP contribution is -2.25. The van der Waals surface area contributed by atoms with Crippen molar-refractivity contribution in [3.63, 3.8) is 0 Å². The summed E-state index contributed by atoms with van der Waals surface area (Å²) in [5.41, 5.74) is 2.38. The fourth-order valence-corrected chi connectivity index (χ4v) is 6.58. The number of benzene rings is 2. The van der Waals surface area contributed by atoms with E-state index in [4.69, 9.17) is 27.9 Å². The summed E-state index contributed by atoms with van der Waals surface area (Å²) >= 11 is 12.6. The fourth-order valence-electron chi connectivity index (χ4n) is 4.43. The molecule has 182 valence electrons. The van der Waals surface area contributed by atoms with Crippen molar-refractivity contribution in [3.05, 3.63) is 88.9 Å². The van der Waals surface area contributed by atoms with Crippen LogP contribution in [0.5, 0.6) is 0 Å². The molecular formula is C23H22Cl2N6O3S. The molecule has 0 saturated carbocycles. The average Bonchev–Trinajstić information content (AvgIpc) is 3.57. The monoisotopic (exact) mass is 532 g/mol. The Labute approximate surface area is 212 Å². The minimum Gasteiger partial charge on any atom is -0.371 e. The van der Waals surface area contributed by atoms with Crippen molar-refractivity contribution in [1.29, 1.82) is 0 Å². The first kappa shape index (κ1) is 23.9. The molecule has 0 spiro atoms. The summed E-state index contributed by atoms with van der Waals surface area (Å²) in [6.45, 7) is 0.434. The van der Waals surface area contributed by atoms with Crippen LogP contribution in [0.15, 0.2) is 67.8 Å². The predicted octanol–water partition coefficient (Wildman–Crippen LogP) is 3.72. The molecule has 0 N–H and O–H groups in total. The predicted molar refractivity (Wildman–Crippen MR) is 131 cm³/mol. The molecule has 2 aromatic heterocycles. The molecule has 4 aromatic rings. The highest BCUT2D eigenvalue weighted by atomic mass is 35.5. The Morgan fingerprint density at radius 2 is 1.77 bits per heavy atom. The summed E-state index contributed by atoms with van der Waals surface area (Å²) in [6.07, 6.45) is 5.83. The summed E-state index contributed by atoms with van der Waals surface area (Å²) in [7, 11) is -3.44. The highest BCUT2D eigenvalue weighted by Crippen LogP contribution is 2.40. The van der Waals surface area contributed by atoms with E-state index in [1.807, 2.05) is 18.2 Å². The lowest BCUT2D eigenvalue weighted by Gasteiger charge is -2.20. The Kier molecular flexibility index (Phi) is 6.88. The molecule has 0 bridgehead atoms. The third-order valence-corrected chi connectivity index (χ3v) is 8.19. The SMILES string of the molecule is O=S(=O)(Cc1ccc(-n2cncn2)cc1)CC1CC(c2ccc(Cl)cc2Cl)C(Cn2cncn2)O1. The van der Waals surface area contributed by atoms with Crippen molar-refractivity contribution in [3.8, 4) is 5.69 Å². The smallest absolute Gasteiger partial charge is 0.156 e. The number of halogens is 2. The van der Waals surface area contributed by atoms with E-state index in [2.05, 4.69) is 20.2 Å². The molecule has 1 fully saturated rings. The van der Waals surface area contributed by atoms with Gasteiger partial charge in [-0.2, -0.15) is 10.2 Å². The van der Waals surface area contributed by atoms with Crippen molar-refractivity contribution in [2.45, 2.75) is 36.8 Å². The van der Waals surface area contributed by atoms with E-state index in [-0.39, 0.29) is 23.5 Å². The van der Waals surface area contributed by atoms with Gasteiger partial charge in [0.25, 0.3) is 0 Å². The first-order valence-electron chi connectivity index (χ1n) is 10.9. The van der Waals surface area contributed by atoms with Crippen molar-refractivity contribution in [2.75, 3.05) is 5.75 Å². The Morgan fingerprint density at radius 3 is 2.46 bits per heavy atom. The van der Waals surface area contributed by atoms with E-state index in [1.165, 1.54) is 12.7 Å². The van der Waals surface area contributed by atoms with Gasteiger partial charge in [0.1, 0.15) is 25.3 Å². The highest BCUT2D eigenvalue weighted by molar-refractivity contribution is 7.90. The molecule has 35 heavy (non-hydrogen) atoms. The molecular weight excluding hydrogens is 511 g/mol. The van der Waals surface area contributed by atoms with Crippen LogP contribution in [0.2, 0.25) is 10.0 Å². The number of aromatic nitrogens is 6. The van der Waals surface area contributed by atoms with Crippen LogP contribution in [0.1, 0.15) is 23.5 Å². The number of ether oxygens (including phenoxy) is 1. The molecule has 3 heterocycles. The number of nitrogens with zero attached hydrogens (tertiary/aromatic N) is 6. The van der Waals surface area contributed by atoms with Crippen LogP contribution in [0.4, 0.5) is 0 Å². The van der Waals surface area contributed by atoms with E-state index >= 15 is 0 Å². The summed E-state index contributed by atoms with van der Waals surface area (Å²) in [5, 5.41) is 9.32. The zero-order chi connectivity index (χ0) is 24.4. The number of rotatable bonds is 8. The van der Waals surface area contributed by atoms with E-state index < -0.39 is 15.9 Å². The maximum Gasteiger partial charge on any atom is 0.156 e. The van der Waals surface area contributed by atoms with Gasteiger partial charge >= 0.3 is 0 Å². The zero-order valence-corrected chi connectivity index (χ0v) is 20.8. The van der Waals surface area contributed by atoms with Gasteiger partial charge in [-0.3, -0.25) is 4.68 Å². The molecule has 9 nitrogen and oxygen atoms in total. The van der Waals surface area contributed by atoms with Crippen LogP contribution in [-0.4, -0.2) is 55.9 Å². The summed E-state index contributed by atoms with van der Waals surface area (Å²) in [4.78, 5) is 7.91. The maximum absolute atomic E-state index is 13.1. The quantitative estimate of drug-likeness (QED) is 0.340. The van der Waals surface area contributed by atoms with Gasteiger partial charge in [-0.15, -0.1) is 0 Å². The zero-order valence-electron chi connectivity index (χ0n) is 18.5. The van der Waals surface area contributed by atoms with Gasteiger partial charge in [-0.25, -0.2) is 23.1 Å². The van der Waals surface area contributed by atoms with Gasteiger partial charge in [-0.1, -0.05) is 41.4 Å². The Morgan fingerprint density at radius 1 is 1.00 bits per heavy atom. The van der Waals surface area contributed by atoms with Gasteiger partial charge in [0.2, 0.25) is 0 Å². The molecule has 0 radical (unpaired) electrons. The number of sulfone groups is 1. The van der Waals surface area contributed by atoms with Crippen LogP contribution >= 0.6 is 23.2 Å². The third-order valence-electron chi connectivity index (χ3n) is 5.97. The Bertz CT molecular complexity index is 1380. The molecule has 1 aliphatic rings. The Hall–Kier alpha value is -2.79. The summed E-state index contributed by atoms with van der Waals surface area (Å²) < 4.78 is 35.7. The van der Waals surface area contributed by atoms with Crippen LogP contribution < -0.4 is 0 Å². The van der Waals surface area contributed by atoms with Crippen molar-refractivity contribution < 1.29 is 13.2 Å². The van der Waals surface area contributed by atoms with Gasteiger partial charge in [-0.05, 0) is 41.8 Å². The second kappa shape index (κ2) is 10.1. The molecule has 1 saturated heterocycles. The molecule has 1 aliphatic heterocycles. The molecule has 12 heteroatoms. The lowest BCUT2D eigenvalue weighted by molar-refractivity contribution is 0.0404. The van der Waals surface area contributed by atoms with E-state index in [0.717, 1.165) is 11.3 Å². The molecule has 0 aliphatic carbocycles. The van der Waals surface area contributed by atoms with E-state index in [9.17, 15) is 8.42 Å². The standard InChI is InChI=1S/C23H22Cl2N6O3S/c24-17-3-6-20(22(25)7-17)21-8-19(34-23(21)9-30-14-26-12-28-30)11-35(32,33)10-16-1-4-18(5-2-16)31-15-27-13-29-31/h1-7,12-15,19,21,23H,8-11H2. The summed E-state index contributed by atoms with van der Waals surface area (Å²) in [6, 6.07) is 12.6. The van der Waals surface area contributed by atoms with Crippen LogP contribution in [-0.2, 0) is 26.9 Å². The fraction of sp³-hybridized carbons (Fsp3) is 0.304. The van der Waals surface area contributed by atoms with Crippen molar-refractivity contribution >= 4 is 33.0 Å². The average molecular weight is 533 g/mol. The van der Waals surface area contributed by atoms with Crippen LogP contribution in [0, 0.1) is 0 Å². The first-order valence-corrected chi connectivity index (χ1v) is 13.5. The number of hydrogen-bond acceptors (Lipinski definition) is 7. The highest BCUT2D eigenvalue weighted by Gasteiger charge is 2.39. The van der Waals surface area contributed by atoms with Crippen LogP contribution in [0.3, 0.4) is 0 Å². The molecule has 3 atom stereocenters. The first-order chi connectivity index (χ1) is 16.9. The number of hydrogen-bond donors (Lipinski definition) is 0. The van der Waals surface area contributed by atoms with Crippen LogP contribution in [0.25, 0.3) is 5.69 Å². The van der Waals surface area contributed by atoms with Gasteiger partial charge in [0.15, 0.2) is 9.84 Å². The molecule has 5 rings (SSSR count). The molecule has 3 unspecified atom stereocenters. The largest absolute Gasteiger partial charge is 0.371 e. The minimum atomic E-state index is -3.44. The Balaban J connectivity index is 1.30. The second-order valence-corrected chi connectivity index (χ2v) is 11.4. The van der Waals surface area contributed by atoms with Crippen molar-refractivity contribution in [2.24, 2.45) is 0 Å². The molecule has 2 aromatic carbocycles. The molecule has 0 amide bonds. The van der Waals surface area contributed by atoms with Gasteiger partial charge < -0.3 is 4.74 Å². The van der Waals surface area contributed by atoms with Gasteiger partial charge in [0, 0.05) is 16.0 Å². The lowest BCUT2D eigenvalue weighted by atomic mass is 9.91. The normalized spacial score (nSPS) is 20.3. The second-order valence-electron chi connectivity index (χ2n) is 8.48. The van der Waals surface area contributed by atoms with Crippen molar-refractivity contribution in [1.82, 2.24) is 29.5 Å². The summed E-state index contributed by atoms with van der Waals surface area (Å²) in [5.74, 6) is -0.274. The third kappa shape index (κ3) is 5.72. The maximum atomic E-state index is 13.1.